The number of hydrogen-bond acceptors (Lipinski definition) is 7. The first kappa shape index (κ1) is 23.1. The van der Waals surface area contributed by atoms with Crippen LogP contribution in [0.3, 0.4) is 0 Å². The lowest BCUT2D eigenvalue weighted by Crippen LogP contribution is -2.14. The molecule has 0 fully saturated rings. The summed E-state index contributed by atoms with van der Waals surface area (Å²) in [6.45, 7) is 4.35. The highest BCUT2D eigenvalue weighted by Gasteiger charge is 2.21. The zero-order valence-electron chi connectivity index (χ0n) is 18.5. The summed E-state index contributed by atoms with van der Waals surface area (Å²) in [5, 5.41) is 22.6. The lowest BCUT2D eigenvalue weighted by Gasteiger charge is -2.09. The van der Waals surface area contributed by atoms with Crippen molar-refractivity contribution in [1.29, 1.82) is 5.26 Å². The van der Waals surface area contributed by atoms with E-state index >= 15 is 0 Å². The first-order valence-electron chi connectivity index (χ1n) is 10.8. The number of carbonyl (C=O) groups is 1. The molecule has 0 radical (unpaired) electrons. The third kappa shape index (κ3) is 5.13. The van der Waals surface area contributed by atoms with Crippen LogP contribution in [0, 0.1) is 11.3 Å². The van der Waals surface area contributed by atoms with Crippen molar-refractivity contribution in [3.63, 3.8) is 0 Å². The van der Waals surface area contributed by atoms with Crippen LogP contribution in [0.25, 0.3) is 11.4 Å². The number of nitrogens with one attached hydrogen (secondary N) is 1. The van der Waals surface area contributed by atoms with Crippen LogP contribution in [0.1, 0.15) is 35.3 Å². The van der Waals surface area contributed by atoms with Crippen LogP contribution in [-0.4, -0.2) is 33.5 Å². The van der Waals surface area contributed by atoms with Gasteiger partial charge in [-0.1, -0.05) is 36.4 Å². The van der Waals surface area contributed by atoms with Gasteiger partial charge in [0.15, 0.2) is 11.0 Å². The Hall–Kier alpha value is -3.09. The Balaban J connectivity index is 1.48. The highest BCUT2D eigenvalue weighted by Crippen LogP contribution is 2.37. The van der Waals surface area contributed by atoms with Crippen LogP contribution in [0.2, 0.25) is 0 Å². The Kier molecular flexibility index (Phi) is 7.47. The zero-order chi connectivity index (χ0) is 23.2. The molecular formula is C24H25N5O2S2. The Morgan fingerprint density at radius 2 is 2.21 bits per heavy atom. The average Bonchev–Trinajstić information content (AvgIpc) is 3.29. The Labute approximate surface area is 201 Å². The second kappa shape index (κ2) is 10.7. The number of aromatic nitrogens is 3. The molecule has 0 spiro atoms. The predicted molar refractivity (Wildman–Crippen MR) is 132 cm³/mol. The van der Waals surface area contributed by atoms with E-state index in [1.165, 1.54) is 23.1 Å². The Morgan fingerprint density at radius 3 is 3.00 bits per heavy atom. The maximum atomic E-state index is 12.7. The fourth-order valence-corrected chi connectivity index (χ4v) is 5.91. The van der Waals surface area contributed by atoms with Crippen LogP contribution in [-0.2, 0) is 24.2 Å². The normalized spacial score (nSPS) is 13.0. The minimum atomic E-state index is -0.163. The van der Waals surface area contributed by atoms with Gasteiger partial charge in [0.2, 0.25) is 5.91 Å². The molecule has 33 heavy (non-hydrogen) atoms. The van der Waals surface area contributed by atoms with Gasteiger partial charge >= 0.3 is 0 Å². The monoisotopic (exact) mass is 479 g/mol. The van der Waals surface area contributed by atoms with Gasteiger partial charge in [0, 0.05) is 17.0 Å². The molecule has 3 aromatic rings. The van der Waals surface area contributed by atoms with Crippen LogP contribution in [0.5, 0.6) is 5.75 Å². The second-order valence-corrected chi connectivity index (χ2v) is 9.70. The molecule has 0 atom stereocenters. The summed E-state index contributed by atoms with van der Waals surface area (Å²) in [7, 11) is 1.62. The van der Waals surface area contributed by atoms with E-state index < -0.39 is 0 Å². The second-order valence-electron chi connectivity index (χ2n) is 7.65. The maximum absolute atomic E-state index is 12.7. The number of benzene rings is 1. The number of ether oxygens (including phenoxy) is 1. The molecule has 2 aromatic heterocycles. The van der Waals surface area contributed by atoms with Gasteiger partial charge < -0.3 is 10.1 Å². The Bertz CT molecular complexity index is 1210. The summed E-state index contributed by atoms with van der Waals surface area (Å²) < 4.78 is 7.24. The molecule has 0 saturated heterocycles. The lowest BCUT2D eigenvalue weighted by atomic mass is 10.1. The number of thioether (sulfide) groups is 1. The predicted octanol–water partition coefficient (Wildman–Crippen LogP) is 5.07. The lowest BCUT2D eigenvalue weighted by molar-refractivity contribution is -0.113. The van der Waals surface area contributed by atoms with Crippen molar-refractivity contribution < 1.29 is 9.53 Å². The van der Waals surface area contributed by atoms with E-state index in [0.29, 0.717) is 28.1 Å². The summed E-state index contributed by atoms with van der Waals surface area (Å²) >= 11 is 2.86. The molecule has 9 heteroatoms. The SMILES string of the molecule is C=CCn1c(SCC(=O)Nc2sc3c(c2C#N)CCCCC3)nnc1-c1cccc(OC)c1. The topological polar surface area (TPSA) is 92.8 Å². The molecule has 1 aliphatic rings. The molecule has 0 bridgehead atoms. The number of thiophene rings is 1. The van der Waals surface area contributed by atoms with Crippen LogP contribution >= 0.6 is 23.1 Å². The molecule has 1 amide bonds. The molecule has 1 aliphatic carbocycles. The van der Waals surface area contributed by atoms with Crippen molar-refractivity contribution in [2.24, 2.45) is 0 Å². The molecule has 1 N–H and O–H groups in total. The number of nitriles is 1. The molecule has 2 heterocycles. The smallest absolute Gasteiger partial charge is 0.235 e. The highest BCUT2D eigenvalue weighted by molar-refractivity contribution is 7.99. The molecule has 4 rings (SSSR count). The van der Waals surface area contributed by atoms with Crippen LogP contribution in [0.15, 0.2) is 42.1 Å². The summed E-state index contributed by atoms with van der Waals surface area (Å²) in [4.78, 5) is 14.0. The van der Waals surface area contributed by atoms with Crippen molar-refractivity contribution in [1.82, 2.24) is 14.8 Å². The fraction of sp³-hybridized carbons (Fsp3) is 0.333. The van der Waals surface area contributed by atoms with E-state index in [2.05, 4.69) is 28.2 Å². The van der Waals surface area contributed by atoms with Gasteiger partial charge in [-0.3, -0.25) is 9.36 Å². The van der Waals surface area contributed by atoms with Crippen molar-refractivity contribution in [3.05, 3.63) is 52.9 Å². The Morgan fingerprint density at radius 1 is 1.36 bits per heavy atom. The van der Waals surface area contributed by atoms with Gasteiger partial charge in [0.1, 0.15) is 16.8 Å². The van der Waals surface area contributed by atoms with Crippen molar-refractivity contribution >= 4 is 34.0 Å². The number of methoxy groups -OCH3 is 1. The van der Waals surface area contributed by atoms with Gasteiger partial charge in [0.25, 0.3) is 0 Å². The number of fused-ring (bicyclic) bond motifs is 1. The van der Waals surface area contributed by atoms with Crippen molar-refractivity contribution in [2.75, 3.05) is 18.2 Å². The van der Waals surface area contributed by atoms with Crippen molar-refractivity contribution in [2.45, 2.75) is 43.8 Å². The number of anilines is 1. The summed E-state index contributed by atoms with van der Waals surface area (Å²) in [5.74, 6) is 1.42. The largest absolute Gasteiger partial charge is 0.497 e. The number of nitrogens with zero attached hydrogens (tertiary/aromatic N) is 4. The number of rotatable bonds is 8. The van der Waals surface area contributed by atoms with Gasteiger partial charge in [-0.2, -0.15) is 5.26 Å². The summed E-state index contributed by atoms with van der Waals surface area (Å²) in [5.41, 5.74) is 2.63. The number of carbonyl (C=O) groups excluding carboxylic acids is 1. The molecule has 0 saturated carbocycles. The number of allylic oxidation sites excluding steroid dienone is 1. The van der Waals surface area contributed by atoms with E-state index in [0.717, 1.165) is 42.6 Å². The van der Waals surface area contributed by atoms with Gasteiger partial charge in [-0.05, 0) is 43.4 Å². The molecule has 1 aromatic carbocycles. The first-order chi connectivity index (χ1) is 16.1. The van der Waals surface area contributed by atoms with Crippen LogP contribution in [0.4, 0.5) is 5.00 Å². The van der Waals surface area contributed by atoms with E-state index in [-0.39, 0.29) is 11.7 Å². The third-order valence-corrected chi connectivity index (χ3v) is 7.65. The maximum Gasteiger partial charge on any atom is 0.235 e. The summed E-state index contributed by atoms with van der Waals surface area (Å²) in [6, 6.07) is 9.92. The number of aryl methyl sites for hydroxylation is 1. The van der Waals surface area contributed by atoms with E-state index in [9.17, 15) is 10.1 Å². The van der Waals surface area contributed by atoms with Crippen LogP contribution < -0.4 is 10.1 Å². The molecule has 0 unspecified atom stereocenters. The molecular weight excluding hydrogens is 454 g/mol. The third-order valence-electron chi connectivity index (χ3n) is 5.47. The first-order valence-corrected chi connectivity index (χ1v) is 12.6. The van der Waals surface area contributed by atoms with E-state index in [4.69, 9.17) is 4.74 Å². The van der Waals surface area contributed by atoms with Gasteiger partial charge in [0.05, 0.1) is 18.4 Å². The minimum absolute atomic E-state index is 0.163. The summed E-state index contributed by atoms with van der Waals surface area (Å²) in [6.07, 6.45) is 7.09. The van der Waals surface area contributed by atoms with E-state index in [1.54, 1.807) is 24.5 Å². The number of hydrogen-bond donors (Lipinski definition) is 1. The standard InChI is InChI=1S/C24H25N5O2S2/c1-3-12-29-22(16-8-7-9-17(13-16)31-2)27-28-24(29)32-15-21(30)26-23-19(14-25)18-10-5-4-6-11-20(18)33-23/h3,7-9,13H,1,4-6,10-12,15H2,2H3,(H,26,30). The minimum Gasteiger partial charge on any atom is -0.497 e. The van der Waals surface area contributed by atoms with Gasteiger partial charge in [-0.25, -0.2) is 0 Å². The highest BCUT2D eigenvalue weighted by atomic mass is 32.2. The quantitative estimate of drug-likeness (QED) is 0.275. The van der Waals surface area contributed by atoms with Crippen molar-refractivity contribution in [3.8, 4) is 23.2 Å². The molecule has 170 valence electrons. The molecule has 7 nitrogen and oxygen atoms in total. The average molecular weight is 480 g/mol. The molecule has 0 aliphatic heterocycles. The van der Waals surface area contributed by atoms with E-state index in [1.807, 2.05) is 28.8 Å². The number of amides is 1. The zero-order valence-corrected chi connectivity index (χ0v) is 20.1. The fourth-order valence-electron chi connectivity index (χ4n) is 3.91. The van der Waals surface area contributed by atoms with Gasteiger partial charge in [-0.15, -0.1) is 28.1 Å².